The molecule has 0 aromatic carbocycles. The first-order chi connectivity index (χ1) is 49.3. The minimum atomic E-state index is -1.61. The van der Waals surface area contributed by atoms with Gasteiger partial charge in [-0.05, 0) is 25.7 Å². The third kappa shape index (κ3) is 63.0. The van der Waals surface area contributed by atoms with Crippen molar-refractivity contribution in [2.24, 2.45) is 5.41 Å². The van der Waals surface area contributed by atoms with Crippen LogP contribution in [0.5, 0.6) is 0 Å². The Balaban J connectivity index is 5.81. The lowest BCUT2D eigenvalue weighted by Gasteiger charge is -2.32. The predicted octanol–water partition coefficient (Wildman–Crippen LogP) is 13.2. The van der Waals surface area contributed by atoms with Gasteiger partial charge in [-0.15, -0.1) is 0 Å². The number of aliphatic carboxylic acids is 5. The molecule has 102 heavy (non-hydrogen) atoms. The molecule has 0 spiro atoms. The van der Waals surface area contributed by atoms with Gasteiger partial charge in [0.1, 0.15) is 32.5 Å². The van der Waals surface area contributed by atoms with Crippen LogP contribution in [0.2, 0.25) is 0 Å². The number of esters is 4. The van der Waals surface area contributed by atoms with E-state index in [0.29, 0.717) is 25.7 Å². The van der Waals surface area contributed by atoms with Gasteiger partial charge in [0.2, 0.25) is 5.91 Å². The number of amides is 1. The molecule has 0 aliphatic heterocycles. The first kappa shape index (κ1) is 96.5. The van der Waals surface area contributed by atoms with Crippen LogP contribution in [0, 0.1) is 5.41 Å². The molecule has 0 radical (unpaired) electrons. The Bertz CT molecular complexity index is 1990. The maximum atomic E-state index is 13.4. The standard InChI is InChI=1S/C77H141N5O20/c1-4-7-10-13-16-19-22-25-28-31-34-37-40-45-72(92)100-63-77(64-101-73(93)46-41-38-35-32-29-26-23-20-17-14-11-8-5-2,65-102-74(94)47-42-39-36-33-30-27-24-21-18-15-12-9-6-3)62-98-55-43-44-67(83)79-49-48-78-50-56-99-75(95)57-66(76(96)97)82(53-51-80(58-68(84)85)59-69(86)87)54-52-81(60-70(88)89)61-71(90)91/h66,78H,4-65H2,1-3H3,(H,79,83)(H,84,85)(H,86,87)(H,88,89)(H,90,91)(H,96,97). The molecule has 1 atom stereocenters. The van der Waals surface area contributed by atoms with Crippen LogP contribution in [-0.2, 0) is 71.6 Å². The summed E-state index contributed by atoms with van der Waals surface area (Å²) in [7, 11) is 0. The smallest absolute Gasteiger partial charge is 0.321 e. The largest absolute Gasteiger partial charge is 0.480 e. The first-order valence-corrected chi connectivity index (χ1v) is 39.7. The SMILES string of the molecule is CCCCCCCCCCCCCCCC(=O)OCC(COCCCC(=O)NCCNCCOC(=O)CC(C(=O)O)N(CCN(CC(=O)O)CC(=O)O)CCN(CC(=O)O)CC(=O)O)(COC(=O)CCCCCCCCCCCCCCC)COC(=O)CCCCCCCCCCCCCCC. The number of carbonyl (C=O) groups excluding carboxylic acids is 5. The number of hydrogen-bond acceptors (Lipinski definition) is 19. The lowest BCUT2D eigenvalue weighted by Crippen LogP contribution is -2.50. The van der Waals surface area contributed by atoms with Gasteiger partial charge in [-0.1, -0.05) is 252 Å². The molecule has 594 valence electrons. The summed E-state index contributed by atoms with van der Waals surface area (Å²) in [5.41, 5.74) is -1.22. The van der Waals surface area contributed by atoms with E-state index < -0.39 is 97.8 Å². The van der Waals surface area contributed by atoms with E-state index in [4.69, 9.17) is 23.7 Å². The topological polar surface area (TPSA) is 352 Å². The highest BCUT2D eigenvalue weighted by Crippen LogP contribution is 2.24. The Morgan fingerprint density at radius 1 is 0.333 bits per heavy atom. The fourth-order valence-electron chi connectivity index (χ4n) is 12.1. The molecule has 0 aliphatic carbocycles. The molecular weight excluding hydrogens is 1310 g/mol. The number of carbonyl (C=O) groups is 10. The molecule has 0 fully saturated rings. The Hall–Kier alpha value is -5.50. The van der Waals surface area contributed by atoms with Gasteiger partial charge >= 0.3 is 53.7 Å². The van der Waals surface area contributed by atoms with Gasteiger partial charge in [0.25, 0.3) is 0 Å². The second-order valence-electron chi connectivity index (χ2n) is 28.0. The minimum Gasteiger partial charge on any atom is -0.480 e. The van der Waals surface area contributed by atoms with Crippen molar-refractivity contribution in [1.29, 1.82) is 0 Å². The molecule has 7 N–H and O–H groups in total. The molecule has 0 bridgehead atoms. The van der Waals surface area contributed by atoms with E-state index in [2.05, 4.69) is 31.4 Å². The molecular formula is C77H141N5O20. The normalized spacial score (nSPS) is 11.9. The zero-order valence-electron chi connectivity index (χ0n) is 63.6. The number of ether oxygens (including phenoxy) is 5. The number of carboxylic acids is 5. The van der Waals surface area contributed by atoms with Gasteiger partial charge in [-0.3, -0.25) is 62.6 Å². The van der Waals surface area contributed by atoms with Crippen LogP contribution in [0.3, 0.4) is 0 Å². The predicted molar refractivity (Wildman–Crippen MR) is 394 cm³/mol. The highest BCUT2D eigenvalue weighted by Gasteiger charge is 2.37. The van der Waals surface area contributed by atoms with E-state index >= 15 is 0 Å². The molecule has 0 heterocycles. The monoisotopic (exact) mass is 1460 g/mol. The van der Waals surface area contributed by atoms with Crippen molar-refractivity contribution in [3.8, 4) is 0 Å². The van der Waals surface area contributed by atoms with Crippen LogP contribution < -0.4 is 10.6 Å². The molecule has 0 rings (SSSR count). The van der Waals surface area contributed by atoms with Crippen LogP contribution in [0.25, 0.3) is 0 Å². The third-order valence-electron chi connectivity index (χ3n) is 18.3. The van der Waals surface area contributed by atoms with Crippen molar-refractivity contribution in [1.82, 2.24) is 25.3 Å². The maximum absolute atomic E-state index is 13.4. The van der Waals surface area contributed by atoms with Gasteiger partial charge in [0.15, 0.2) is 0 Å². The zero-order chi connectivity index (χ0) is 75.4. The molecule has 1 amide bonds. The zero-order valence-corrected chi connectivity index (χ0v) is 63.6. The molecule has 0 saturated carbocycles. The average Bonchev–Trinajstić information content (AvgIpc) is 0.867. The van der Waals surface area contributed by atoms with E-state index in [1.54, 1.807) is 0 Å². The quantitative estimate of drug-likeness (QED) is 0.0169. The summed E-state index contributed by atoms with van der Waals surface area (Å²) in [6, 6.07) is -1.61. The first-order valence-electron chi connectivity index (χ1n) is 39.7. The van der Waals surface area contributed by atoms with E-state index in [1.807, 2.05) is 0 Å². The molecule has 0 aromatic rings. The van der Waals surface area contributed by atoms with Crippen LogP contribution in [-0.4, -0.2) is 218 Å². The molecule has 25 nitrogen and oxygen atoms in total. The van der Waals surface area contributed by atoms with Gasteiger partial charge in [0.05, 0.1) is 44.6 Å². The van der Waals surface area contributed by atoms with Crippen LogP contribution in [0.4, 0.5) is 0 Å². The van der Waals surface area contributed by atoms with Crippen molar-refractivity contribution in [2.45, 2.75) is 316 Å². The molecule has 0 aliphatic rings. The average molecular weight is 1460 g/mol. The van der Waals surface area contributed by atoms with Gasteiger partial charge in [-0.25, -0.2) is 0 Å². The van der Waals surface area contributed by atoms with E-state index in [-0.39, 0.29) is 117 Å². The Morgan fingerprint density at radius 2 is 0.647 bits per heavy atom. The maximum Gasteiger partial charge on any atom is 0.321 e. The second kappa shape index (κ2) is 68.6. The van der Waals surface area contributed by atoms with Gasteiger partial charge in [0, 0.05) is 78.1 Å². The van der Waals surface area contributed by atoms with Crippen LogP contribution in [0.15, 0.2) is 0 Å². The van der Waals surface area contributed by atoms with Gasteiger partial charge < -0.3 is 59.9 Å². The fourth-order valence-corrected chi connectivity index (χ4v) is 12.1. The summed E-state index contributed by atoms with van der Waals surface area (Å²) >= 11 is 0. The van der Waals surface area contributed by atoms with E-state index in [0.717, 1.165) is 67.6 Å². The number of hydrogen-bond donors (Lipinski definition) is 7. The molecule has 1 unspecified atom stereocenters. The number of nitrogens with zero attached hydrogens (tertiary/aromatic N) is 3. The Morgan fingerprint density at radius 3 is 0.951 bits per heavy atom. The summed E-state index contributed by atoms with van der Waals surface area (Å²) in [6.45, 7) is 2.44. The third-order valence-corrected chi connectivity index (χ3v) is 18.3. The number of nitrogens with one attached hydrogen (secondary N) is 2. The Kier molecular flexibility index (Phi) is 64.9. The van der Waals surface area contributed by atoms with Crippen molar-refractivity contribution in [3.05, 3.63) is 0 Å². The lowest BCUT2D eigenvalue weighted by molar-refractivity contribution is -0.168. The van der Waals surface area contributed by atoms with Gasteiger partial charge in [-0.2, -0.15) is 0 Å². The highest BCUT2D eigenvalue weighted by molar-refractivity contribution is 5.81. The summed E-state index contributed by atoms with van der Waals surface area (Å²) < 4.78 is 29.3. The summed E-state index contributed by atoms with van der Waals surface area (Å²) in [6.07, 6.45) is 46.0. The molecule has 0 aromatic heterocycles. The van der Waals surface area contributed by atoms with Crippen molar-refractivity contribution < 1.29 is 97.2 Å². The summed E-state index contributed by atoms with van der Waals surface area (Å²) in [5, 5.41) is 53.3. The lowest BCUT2D eigenvalue weighted by atomic mass is 9.92. The summed E-state index contributed by atoms with van der Waals surface area (Å²) in [5.74, 6) is -9.31. The molecule has 0 saturated heterocycles. The van der Waals surface area contributed by atoms with Crippen LogP contribution >= 0.6 is 0 Å². The van der Waals surface area contributed by atoms with E-state index in [1.165, 1.54) is 178 Å². The van der Waals surface area contributed by atoms with Crippen molar-refractivity contribution in [3.63, 3.8) is 0 Å². The highest BCUT2D eigenvalue weighted by atomic mass is 16.6. The summed E-state index contributed by atoms with van der Waals surface area (Å²) in [4.78, 5) is 128. The minimum absolute atomic E-state index is 0.0804. The fraction of sp³-hybridized carbons (Fsp3) is 0.870. The number of rotatable bonds is 78. The second-order valence-corrected chi connectivity index (χ2v) is 28.0. The van der Waals surface area contributed by atoms with E-state index in [9.17, 15) is 73.5 Å². The van der Waals surface area contributed by atoms with Crippen LogP contribution in [0.1, 0.15) is 310 Å². The van der Waals surface area contributed by atoms with Crippen molar-refractivity contribution >= 4 is 59.6 Å². The van der Waals surface area contributed by atoms with Crippen molar-refractivity contribution in [2.75, 3.05) is 112 Å². The number of carboxylic acid groups (broad SMARTS) is 5. The number of unbranched alkanes of at least 4 members (excludes halogenated alkanes) is 36. The molecule has 25 heteroatoms. The Labute approximate surface area is 612 Å².